The molecule has 1 fully saturated rings. The standard InChI is InChI=1S/C20H23NO6/c1-11(22)25-17-10-14-13-3-4-15(24-2)19-18(13)20(7-8-21(14)27-17)6-5-12(23)9-16(20)26-19/h3-6,12,14,16-17,23H,7-10H2,1-2H3/t12-,14+,16-,17+,20-/m0/s1. The van der Waals surface area contributed by atoms with Crippen molar-refractivity contribution >= 4 is 5.97 Å². The Morgan fingerprint density at radius 2 is 2.22 bits per heavy atom. The van der Waals surface area contributed by atoms with Crippen molar-refractivity contribution in [3.05, 3.63) is 35.4 Å². The Bertz CT molecular complexity index is 823. The number of hydrogen-bond donors (Lipinski definition) is 1. The van der Waals surface area contributed by atoms with Crippen LogP contribution in [0.5, 0.6) is 11.5 Å². The number of nitrogens with zero attached hydrogens (tertiary/aromatic N) is 1. The van der Waals surface area contributed by atoms with Gasteiger partial charge in [0.15, 0.2) is 11.5 Å². The number of hydroxylamine groups is 2. The summed E-state index contributed by atoms with van der Waals surface area (Å²) in [5, 5.41) is 12.1. The van der Waals surface area contributed by atoms with Crippen LogP contribution < -0.4 is 9.47 Å². The Kier molecular flexibility index (Phi) is 3.76. The number of esters is 1. The molecule has 0 saturated carbocycles. The number of aliphatic hydroxyl groups excluding tert-OH is 1. The number of aliphatic hydroxyl groups is 1. The lowest BCUT2D eigenvalue weighted by Crippen LogP contribution is -2.43. The summed E-state index contributed by atoms with van der Waals surface area (Å²) < 4.78 is 17.2. The number of methoxy groups -OCH3 is 1. The van der Waals surface area contributed by atoms with Crippen molar-refractivity contribution < 1.29 is 28.9 Å². The number of rotatable bonds is 2. The first-order chi connectivity index (χ1) is 13.0. The molecule has 1 aliphatic carbocycles. The first kappa shape index (κ1) is 17.0. The van der Waals surface area contributed by atoms with Crippen LogP contribution in [0.25, 0.3) is 0 Å². The third-order valence-electron chi connectivity index (χ3n) is 6.16. The Hall–Kier alpha value is -2.09. The van der Waals surface area contributed by atoms with E-state index in [4.69, 9.17) is 19.0 Å². The minimum absolute atomic E-state index is 0.0176. The highest BCUT2D eigenvalue weighted by molar-refractivity contribution is 5.66. The number of carbonyl (C=O) groups is 1. The van der Waals surface area contributed by atoms with E-state index in [1.807, 2.05) is 17.2 Å². The topological polar surface area (TPSA) is 77.5 Å². The molecule has 27 heavy (non-hydrogen) atoms. The van der Waals surface area contributed by atoms with Gasteiger partial charge in [-0.05, 0) is 18.1 Å². The summed E-state index contributed by atoms with van der Waals surface area (Å²) in [5.74, 6) is 1.12. The molecule has 4 aliphatic rings. The van der Waals surface area contributed by atoms with Crippen LogP contribution in [0, 0.1) is 0 Å². The quantitative estimate of drug-likeness (QED) is 0.627. The third-order valence-corrected chi connectivity index (χ3v) is 6.16. The van der Waals surface area contributed by atoms with E-state index in [1.54, 1.807) is 7.11 Å². The maximum atomic E-state index is 11.3. The van der Waals surface area contributed by atoms with Crippen LogP contribution in [-0.4, -0.2) is 48.3 Å². The highest BCUT2D eigenvalue weighted by Gasteiger charge is 2.55. The molecule has 7 heteroatoms. The SMILES string of the molecule is COc1ccc2c3c1O[C@H]1C[C@@H](O)C=C[C@@]31CCN1O[C@@H](OC(C)=O)C[C@H]21. The zero-order chi connectivity index (χ0) is 18.8. The molecular weight excluding hydrogens is 350 g/mol. The van der Waals surface area contributed by atoms with Gasteiger partial charge in [0, 0.05) is 31.9 Å². The molecule has 1 aromatic carbocycles. The van der Waals surface area contributed by atoms with Crippen LogP contribution in [0.15, 0.2) is 24.3 Å². The summed E-state index contributed by atoms with van der Waals surface area (Å²) in [5.41, 5.74) is 1.93. The van der Waals surface area contributed by atoms with Gasteiger partial charge in [0.05, 0.1) is 24.7 Å². The van der Waals surface area contributed by atoms with Gasteiger partial charge in [-0.2, -0.15) is 5.06 Å². The molecule has 0 aromatic heterocycles. The van der Waals surface area contributed by atoms with Gasteiger partial charge < -0.3 is 19.3 Å². The second-order valence-corrected chi connectivity index (χ2v) is 7.66. The summed E-state index contributed by atoms with van der Waals surface area (Å²) in [6.07, 6.45) is 4.69. The fraction of sp³-hybridized carbons (Fsp3) is 0.550. The van der Waals surface area contributed by atoms with E-state index in [-0.39, 0.29) is 23.5 Å². The van der Waals surface area contributed by atoms with E-state index in [0.717, 1.165) is 23.3 Å². The van der Waals surface area contributed by atoms with Gasteiger partial charge in [-0.3, -0.25) is 9.63 Å². The van der Waals surface area contributed by atoms with Crippen LogP contribution in [0.2, 0.25) is 0 Å². The lowest BCUT2D eigenvalue weighted by molar-refractivity contribution is -0.236. The molecule has 0 radical (unpaired) electrons. The number of carbonyl (C=O) groups excluding carboxylic acids is 1. The molecule has 1 spiro atoms. The second-order valence-electron chi connectivity index (χ2n) is 7.66. The summed E-state index contributed by atoms with van der Waals surface area (Å²) in [4.78, 5) is 17.3. The fourth-order valence-electron chi connectivity index (χ4n) is 5.03. The Morgan fingerprint density at radius 3 is 3.00 bits per heavy atom. The van der Waals surface area contributed by atoms with Gasteiger partial charge in [-0.1, -0.05) is 18.2 Å². The highest BCUT2D eigenvalue weighted by Crippen LogP contribution is 2.58. The van der Waals surface area contributed by atoms with Crippen molar-refractivity contribution in [2.45, 2.75) is 56.1 Å². The Labute approximate surface area is 157 Å². The molecule has 1 N–H and O–H groups in total. The summed E-state index contributed by atoms with van der Waals surface area (Å²) in [6.45, 7) is 2.07. The van der Waals surface area contributed by atoms with E-state index >= 15 is 0 Å². The second kappa shape index (κ2) is 5.95. The third kappa shape index (κ3) is 2.42. The van der Waals surface area contributed by atoms with Gasteiger partial charge in [0.1, 0.15) is 6.10 Å². The largest absolute Gasteiger partial charge is 0.493 e. The monoisotopic (exact) mass is 373 g/mol. The first-order valence-electron chi connectivity index (χ1n) is 9.38. The van der Waals surface area contributed by atoms with Gasteiger partial charge >= 0.3 is 5.97 Å². The molecular formula is C20H23NO6. The van der Waals surface area contributed by atoms with E-state index in [1.165, 1.54) is 6.92 Å². The molecule has 7 nitrogen and oxygen atoms in total. The molecule has 1 aromatic rings. The molecule has 3 aliphatic heterocycles. The van der Waals surface area contributed by atoms with Crippen molar-refractivity contribution in [2.24, 2.45) is 0 Å². The Balaban J connectivity index is 1.63. The predicted octanol–water partition coefficient (Wildman–Crippen LogP) is 1.99. The first-order valence-corrected chi connectivity index (χ1v) is 9.38. The van der Waals surface area contributed by atoms with E-state index < -0.39 is 12.4 Å². The summed E-state index contributed by atoms with van der Waals surface area (Å²) >= 11 is 0. The van der Waals surface area contributed by atoms with Crippen molar-refractivity contribution in [3.8, 4) is 11.5 Å². The fourth-order valence-corrected chi connectivity index (χ4v) is 5.03. The number of fused-ring (bicyclic) bond motifs is 2. The molecule has 3 heterocycles. The summed E-state index contributed by atoms with van der Waals surface area (Å²) in [7, 11) is 1.64. The molecule has 0 amide bonds. The van der Waals surface area contributed by atoms with E-state index in [0.29, 0.717) is 25.1 Å². The molecule has 5 atom stereocenters. The normalized spacial score (nSPS) is 36.3. The lowest BCUT2D eigenvalue weighted by Gasteiger charge is -2.35. The van der Waals surface area contributed by atoms with Crippen LogP contribution in [-0.2, 0) is 19.8 Å². The van der Waals surface area contributed by atoms with Crippen molar-refractivity contribution in [1.82, 2.24) is 5.06 Å². The molecule has 144 valence electrons. The average molecular weight is 373 g/mol. The van der Waals surface area contributed by atoms with Crippen LogP contribution in [0.1, 0.15) is 43.4 Å². The van der Waals surface area contributed by atoms with Crippen molar-refractivity contribution in [1.29, 1.82) is 0 Å². The van der Waals surface area contributed by atoms with E-state index in [9.17, 15) is 9.90 Å². The molecule has 5 rings (SSSR count). The van der Waals surface area contributed by atoms with Crippen molar-refractivity contribution in [2.75, 3.05) is 13.7 Å². The van der Waals surface area contributed by atoms with Crippen LogP contribution in [0.4, 0.5) is 0 Å². The number of ether oxygens (including phenoxy) is 3. The predicted molar refractivity (Wildman–Crippen MR) is 94.2 cm³/mol. The zero-order valence-corrected chi connectivity index (χ0v) is 15.4. The van der Waals surface area contributed by atoms with Gasteiger partial charge in [-0.25, -0.2) is 0 Å². The highest BCUT2D eigenvalue weighted by atomic mass is 16.8. The summed E-state index contributed by atoms with van der Waals surface area (Å²) in [6, 6.07) is 3.96. The maximum Gasteiger partial charge on any atom is 0.304 e. The minimum atomic E-state index is -0.568. The lowest BCUT2D eigenvalue weighted by atomic mass is 9.68. The zero-order valence-electron chi connectivity index (χ0n) is 15.4. The van der Waals surface area contributed by atoms with E-state index in [2.05, 4.69) is 12.1 Å². The maximum absolute atomic E-state index is 11.3. The molecule has 0 bridgehead atoms. The van der Waals surface area contributed by atoms with Crippen LogP contribution in [0.3, 0.4) is 0 Å². The van der Waals surface area contributed by atoms with Crippen molar-refractivity contribution in [3.63, 3.8) is 0 Å². The molecule has 1 saturated heterocycles. The Morgan fingerprint density at radius 1 is 1.37 bits per heavy atom. The number of benzene rings is 1. The van der Waals surface area contributed by atoms with Gasteiger partial charge in [0.25, 0.3) is 0 Å². The minimum Gasteiger partial charge on any atom is -0.493 e. The number of hydrogen-bond acceptors (Lipinski definition) is 7. The van der Waals surface area contributed by atoms with Gasteiger partial charge in [-0.15, -0.1) is 0 Å². The van der Waals surface area contributed by atoms with Gasteiger partial charge in [0.2, 0.25) is 6.29 Å². The average Bonchev–Trinajstić information content (AvgIpc) is 3.14. The smallest absolute Gasteiger partial charge is 0.304 e. The van der Waals surface area contributed by atoms with Crippen LogP contribution >= 0.6 is 0 Å². The molecule has 0 unspecified atom stereocenters.